The van der Waals surface area contributed by atoms with Crippen LogP contribution in [0, 0.1) is 8.80 Å². The molecule has 2 rings (SSSR count). The van der Waals surface area contributed by atoms with E-state index in [0.717, 1.165) is 20.9 Å². The van der Waals surface area contributed by atoms with Crippen molar-refractivity contribution in [2.45, 2.75) is 19.3 Å². The molecule has 1 aliphatic rings. The first-order chi connectivity index (χ1) is 6.75. The quantitative estimate of drug-likeness (QED) is 0.852. The lowest BCUT2D eigenvalue weighted by molar-refractivity contribution is 0.0939. The van der Waals surface area contributed by atoms with Crippen molar-refractivity contribution in [1.82, 2.24) is 5.32 Å². The zero-order valence-electron chi connectivity index (χ0n) is 7.75. The van der Waals surface area contributed by atoms with Crippen LogP contribution in [0.4, 0.5) is 0 Å². The van der Waals surface area contributed by atoms with Crippen LogP contribution in [0.1, 0.15) is 29.6 Å². The van der Waals surface area contributed by atoms with Crippen LogP contribution in [0.5, 0.6) is 0 Å². The predicted molar refractivity (Wildman–Crippen MR) is 66.7 cm³/mol. The summed E-state index contributed by atoms with van der Waals surface area (Å²) in [4.78, 5) is 11.6. The van der Waals surface area contributed by atoms with Crippen LogP contribution in [-0.2, 0) is 0 Å². The van der Waals surface area contributed by atoms with Crippen LogP contribution in [0.2, 0.25) is 0 Å². The first-order valence-electron chi connectivity index (χ1n) is 4.78. The summed E-state index contributed by atoms with van der Waals surface area (Å²) >= 11 is 3.85. The van der Waals surface area contributed by atoms with Gasteiger partial charge in [0.15, 0.2) is 0 Å². The van der Waals surface area contributed by atoms with Crippen molar-refractivity contribution in [1.29, 1.82) is 0 Å². The Kier molecular flexibility index (Phi) is 3.43. The van der Waals surface area contributed by atoms with Crippen LogP contribution < -0.4 is 5.32 Å². The zero-order chi connectivity index (χ0) is 9.97. The lowest BCUT2D eigenvalue weighted by atomic mass is 9.85. The van der Waals surface area contributed by atoms with Crippen molar-refractivity contribution in [3.63, 3.8) is 0 Å². The molecule has 1 aromatic rings. The van der Waals surface area contributed by atoms with Gasteiger partial charge < -0.3 is 5.32 Å². The van der Waals surface area contributed by atoms with E-state index in [9.17, 15) is 4.79 Å². The largest absolute Gasteiger partial charge is 0.352 e. The number of carbonyl (C=O) groups is 1. The summed E-state index contributed by atoms with van der Waals surface area (Å²) in [5.74, 6) is 0.813. The van der Waals surface area contributed by atoms with Gasteiger partial charge in [0, 0.05) is 11.9 Å². The number of carbonyl (C=O) groups excluding carboxylic acids is 1. The van der Waals surface area contributed by atoms with Gasteiger partial charge in [-0.3, -0.25) is 4.79 Å². The third-order valence-corrected chi connectivity index (χ3v) is 4.39. The Balaban J connectivity index is 1.82. The third-order valence-electron chi connectivity index (χ3n) is 2.61. The van der Waals surface area contributed by atoms with Crippen LogP contribution >= 0.6 is 33.9 Å². The molecule has 2 nitrogen and oxygen atoms in total. The molecule has 1 heterocycles. The fourth-order valence-corrected chi connectivity index (χ4v) is 2.79. The summed E-state index contributed by atoms with van der Waals surface area (Å²) in [6.07, 6.45) is 3.89. The minimum atomic E-state index is 0.0797. The van der Waals surface area contributed by atoms with E-state index in [1.165, 1.54) is 19.3 Å². The highest BCUT2D eigenvalue weighted by atomic mass is 127. The van der Waals surface area contributed by atoms with Gasteiger partial charge in [0.2, 0.25) is 0 Å². The summed E-state index contributed by atoms with van der Waals surface area (Å²) in [5, 5.41) is 4.89. The molecule has 0 radical (unpaired) electrons. The molecule has 0 aliphatic heterocycles. The molecule has 0 unspecified atom stereocenters. The Bertz CT molecular complexity index is 333. The number of hydrogen-bond donors (Lipinski definition) is 1. The first-order valence-corrected chi connectivity index (χ1v) is 6.74. The van der Waals surface area contributed by atoms with Crippen molar-refractivity contribution < 1.29 is 4.79 Å². The Labute approximate surface area is 101 Å². The molecule has 0 aromatic carbocycles. The number of thiophene rings is 1. The van der Waals surface area contributed by atoms with E-state index < -0.39 is 0 Å². The summed E-state index contributed by atoms with van der Waals surface area (Å²) in [5.41, 5.74) is 0.804. The molecule has 1 saturated carbocycles. The summed E-state index contributed by atoms with van der Waals surface area (Å²) < 4.78 is 1.16. The predicted octanol–water partition coefficient (Wildman–Crippen LogP) is 2.88. The Morgan fingerprint density at radius 2 is 2.43 bits per heavy atom. The molecule has 1 aliphatic carbocycles. The third kappa shape index (κ3) is 2.48. The highest BCUT2D eigenvalue weighted by Gasteiger charge is 2.18. The minimum absolute atomic E-state index is 0.0797. The SMILES string of the molecule is O=C(NCC1CCC1)c1csc(I)c1. The van der Waals surface area contributed by atoms with Gasteiger partial charge >= 0.3 is 0 Å². The number of halogens is 1. The van der Waals surface area contributed by atoms with Crippen molar-refractivity contribution in [2.24, 2.45) is 5.92 Å². The van der Waals surface area contributed by atoms with Gasteiger partial charge in [-0.15, -0.1) is 11.3 Å². The first kappa shape index (κ1) is 10.4. The Hall–Kier alpha value is -0.100. The minimum Gasteiger partial charge on any atom is -0.352 e. The van der Waals surface area contributed by atoms with Crippen molar-refractivity contribution >= 4 is 39.8 Å². The van der Waals surface area contributed by atoms with Gasteiger partial charge in [0.1, 0.15) is 0 Å². The van der Waals surface area contributed by atoms with Crippen molar-refractivity contribution in [3.8, 4) is 0 Å². The van der Waals surface area contributed by atoms with Gasteiger partial charge in [-0.25, -0.2) is 0 Å². The fourth-order valence-electron chi connectivity index (χ4n) is 1.47. The maximum absolute atomic E-state index is 11.6. The molecule has 0 bridgehead atoms. The zero-order valence-corrected chi connectivity index (χ0v) is 10.7. The van der Waals surface area contributed by atoms with E-state index in [2.05, 4.69) is 27.9 Å². The molecular weight excluding hydrogens is 309 g/mol. The van der Waals surface area contributed by atoms with Gasteiger partial charge in [0.05, 0.1) is 8.45 Å². The van der Waals surface area contributed by atoms with Crippen molar-refractivity contribution in [3.05, 3.63) is 19.9 Å². The Morgan fingerprint density at radius 3 is 2.93 bits per heavy atom. The number of nitrogens with one attached hydrogen (secondary N) is 1. The maximum atomic E-state index is 11.6. The van der Waals surface area contributed by atoms with Gasteiger partial charge in [-0.2, -0.15) is 0 Å². The molecular formula is C10H12INOS. The standard InChI is InChI=1S/C10H12INOS/c11-9-4-8(6-14-9)10(13)12-5-7-2-1-3-7/h4,6-7H,1-3,5H2,(H,12,13). The molecule has 0 spiro atoms. The van der Waals surface area contributed by atoms with Crippen LogP contribution in [0.25, 0.3) is 0 Å². The second-order valence-electron chi connectivity index (χ2n) is 3.65. The molecule has 0 atom stereocenters. The summed E-state index contributed by atoms with van der Waals surface area (Å²) in [6, 6.07) is 1.93. The molecule has 1 aromatic heterocycles. The molecule has 76 valence electrons. The van der Waals surface area contributed by atoms with E-state index in [4.69, 9.17) is 0 Å². The maximum Gasteiger partial charge on any atom is 0.252 e. The number of amides is 1. The molecule has 1 amide bonds. The van der Waals surface area contributed by atoms with Crippen molar-refractivity contribution in [2.75, 3.05) is 6.54 Å². The lowest BCUT2D eigenvalue weighted by Gasteiger charge is -2.25. The van der Waals surface area contributed by atoms with E-state index in [1.54, 1.807) is 11.3 Å². The topological polar surface area (TPSA) is 29.1 Å². The molecule has 1 fully saturated rings. The van der Waals surface area contributed by atoms with Crippen LogP contribution in [0.15, 0.2) is 11.4 Å². The molecule has 0 saturated heterocycles. The van der Waals surface area contributed by atoms with Crippen LogP contribution in [0.3, 0.4) is 0 Å². The monoisotopic (exact) mass is 321 g/mol. The average molecular weight is 321 g/mol. The highest BCUT2D eigenvalue weighted by Crippen LogP contribution is 2.25. The lowest BCUT2D eigenvalue weighted by Crippen LogP contribution is -2.31. The fraction of sp³-hybridized carbons (Fsp3) is 0.500. The van der Waals surface area contributed by atoms with Gasteiger partial charge in [0.25, 0.3) is 5.91 Å². The second kappa shape index (κ2) is 4.61. The molecule has 4 heteroatoms. The van der Waals surface area contributed by atoms with E-state index in [0.29, 0.717) is 0 Å². The highest BCUT2D eigenvalue weighted by molar-refractivity contribution is 14.1. The normalized spacial score (nSPS) is 16.4. The summed E-state index contributed by atoms with van der Waals surface area (Å²) in [7, 11) is 0. The van der Waals surface area contributed by atoms with Gasteiger partial charge in [-0.05, 0) is 47.4 Å². The van der Waals surface area contributed by atoms with Gasteiger partial charge in [-0.1, -0.05) is 6.42 Å². The smallest absolute Gasteiger partial charge is 0.252 e. The summed E-state index contributed by atoms with van der Waals surface area (Å²) in [6.45, 7) is 0.852. The molecule has 14 heavy (non-hydrogen) atoms. The second-order valence-corrected chi connectivity index (χ2v) is 6.45. The number of hydrogen-bond acceptors (Lipinski definition) is 2. The van der Waals surface area contributed by atoms with E-state index >= 15 is 0 Å². The van der Waals surface area contributed by atoms with E-state index in [-0.39, 0.29) is 5.91 Å². The number of rotatable bonds is 3. The molecule has 1 N–H and O–H groups in total. The van der Waals surface area contributed by atoms with Crippen LogP contribution in [-0.4, -0.2) is 12.5 Å². The average Bonchev–Trinajstić information content (AvgIpc) is 2.49. The Morgan fingerprint density at radius 1 is 1.64 bits per heavy atom. The van der Waals surface area contributed by atoms with E-state index in [1.807, 2.05) is 11.4 Å².